The molecule has 0 amide bonds. The second-order valence-electron chi connectivity index (χ2n) is 17.2. The molecule has 11 heteroatoms. The molecule has 300 valence electrons. The van der Waals surface area contributed by atoms with Crippen LogP contribution >= 0.6 is 0 Å². The molecule has 3 aliphatic heterocycles. The van der Waals surface area contributed by atoms with Crippen LogP contribution in [0.25, 0.3) is 0 Å². The molecule has 17 unspecified atom stereocenters. The molecule has 1 saturated carbocycles. The molecule has 0 radical (unpaired) electrons. The number of allylic oxidation sites excluding steroid dienone is 4. The summed E-state index contributed by atoms with van der Waals surface area (Å²) in [6, 6.07) is 0.336. The maximum absolute atomic E-state index is 14.7. The third-order valence-corrected chi connectivity index (χ3v) is 13.5. The van der Waals surface area contributed by atoms with E-state index in [1.54, 1.807) is 21.3 Å². The summed E-state index contributed by atoms with van der Waals surface area (Å²) in [6.45, 7) is 10.3. The van der Waals surface area contributed by atoms with Gasteiger partial charge in [-0.05, 0) is 108 Å². The van der Waals surface area contributed by atoms with E-state index in [1.165, 1.54) is 0 Å². The lowest BCUT2D eigenvalue weighted by molar-refractivity contribution is -0.314. The van der Waals surface area contributed by atoms with Gasteiger partial charge in [0.2, 0.25) is 0 Å². The molecule has 6 rings (SSSR count). The minimum atomic E-state index is -0.596. The van der Waals surface area contributed by atoms with E-state index < -0.39 is 12.4 Å². The van der Waals surface area contributed by atoms with Crippen LogP contribution in [-0.4, -0.2) is 120 Å². The molecule has 11 nitrogen and oxygen atoms in total. The first-order valence-corrected chi connectivity index (χ1v) is 20.3. The SMILES string of the molecule is COC1C(C)OC(OC2CC3C=CC4C5CC(=O)OC(C(C)C)CCCC(OC6CCC(N(C)C)C(C)O6)C(C)C(=O)C5=CC4C3C2)C(OC)C1OC. The van der Waals surface area contributed by atoms with Crippen molar-refractivity contribution in [1.82, 2.24) is 4.90 Å². The Labute approximate surface area is 317 Å². The Morgan fingerprint density at radius 3 is 2.21 bits per heavy atom. The second-order valence-corrected chi connectivity index (χ2v) is 17.2. The summed E-state index contributed by atoms with van der Waals surface area (Å²) in [6.07, 6.45) is 9.95. The molecule has 0 bridgehead atoms. The summed E-state index contributed by atoms with van der Waals surface area (Å²) in [4.78, 5) is 30.6. The quantitative estimate of drug-likeness (QED) is 0.213. The molecule has 53 heavy (non-hydrogen) atoms. The van der Waals surface area contributed by atoms with Gasteiger partial charge in [0.25, 0.3) is 0 Å². The predicted octanol–water partition coefficient (Wildman–Crippen LogP) is 5.73. The number of carbonyl (C=O) groups excluding carboxylic acids is 2. The number of likely N-dealkylation sites (N-methyl/N-ethyl adjacent to an activating group) is 1. The van der Waals surface area contributed by atoms with Gasteiger partial charge in [0, 0.05) is 39.2 Å². The Bertz CT molecular complexity index is 1320. The maximum atomic E-state index is 14.7. The highest BCUT2D eigenvalue weighted by atomic mass is 16.7. The number of rotatable bonds is 9. The van der Waals surface area contributed by atoms with Crippen molar-refractivity contribution in [2.24, 2.45) is 41.4 Å². The van der Waals surface area contributed by atoms with E-state index in [-0.39, 0.29) is 103 Å². The van der Waals surface area contributed by atoms with Crippen LogP contribution in [0.2, 0.25) is 0 Å². The van der Waals surface area contributed by atoms with E-state index in [0.717, 1.165) is 44.1 Å². The van der Waals surface area contributed by atoms with Crippen LogP contribution in [0.1, 0.15) is 86.0 Å². The number of hydrogen-bond donors (Lipinski definition) is 0. The Morgan fingerprint density at radius 1 is 0.811 bits per heavy atom. The molecule has 3 aliphatic carbocycles. The summed E-state index contributed by atoms with van der Waals surface area (Å²) in [5.41, 5.74) is 0.762. The second kappa shape index (κ2) is 17.6. The standard InChI is InChI=1S/C42H67NO10/c1-22(2)34-12-11-13-35(53-37-17-16-33(43(6)7)24(4)49-37)23(3)38(45)32-20-30-28(31(32)21-36(44)52-34)15-14-26-18-27(19-29(26)30)51-42-41(48-10)40(47-9)39(46-8)25(5)50-42/h14-15,20,22-31,33-35,37,39-42H,11-13,16-19,21H2,1-10H3. The molecule has 4 fully saturated rings. The minimum absolute atomic E-state index is 0.0341. The van der Waals surface area contributed by atoms with Crippen molar-refractivity contribution in [3.8, 4) is 0 Å². The number of carbonyl (C=O) groups is 2. The predicted molar refractivity (Wildman–Crippen MR) is 199 cm³/mol. The van der Waals surface area contributed by atoms with Gasteiger partial charge in [0.05, 0.1) is 30.8 Å². The third kappa shape index (κ3) is 8.68. The first kappa shape index (κ1) is 40.9. The highest BCUT2D eigenvalue weighted by molar-refractivity contribution is 5.99. The molecular weight excluding hydrogens is 678 g/mol. The molecule has 3 heterocycles. The average molecular weight is 746 g/mol. The van der Waals surface area contributed by atoms with Gasteiger partial charge in [0.15, 0.2) is 18.4 Å². The van der Waals surface area contributed by atoms with E-state index in [0.29, 0.717) is 18.4 Å². The van der Waals surface area contributed by atoms with Gasteiger partial charge in [-0.15, -0.1) is 0 Å². The number of esters is 1. The average Bonchev–Trinajstić information content (AvgIpc) is 3.70. The van der Waals surface area contributed by atoms with Crippen molar-refractivity contribution in [1.29, 1.82) is 0 Å². The number of fused-ring (bicyclic) bond motifs is 5. The normalized spacial score (nSPS) is 45.2. The number of cyclic esters (lactones) is 1. The zero-order valence-corrected chi connectivity index (χ0v) is 33.8. The molecule has 6 aliphatic rings. The lowest BCUT2D eigenvalue weighted by atomic mass is 9.70. The molecular formula is C42H67NO10. The van der Waals surface area contributed by atoms with Gasteiger partial charge in [-0.1, -0.05) is 39.0 Å². The largest absolute Gasteiger partial charge is 0.462 e. The van der Waals surface area contributed by atoms with Crippen LogP contribution in [-0.2, 0) is 47.5 Å². The molecule has 0 aromatic heterocycles. The molecule has 3 saturated heterocycles. The van der Waals surface area contributed by atoms with E-state index in [2.05, 4.69) is 58.0 Å². The van der Waals surface area contributed by atoms with Crippen LogP contribution in [0, 0.1) is 41.4 Å². The number of ketones is 1. The van der Waals surface area contributed by atoms with E-state index >= 15 is 0 Å². The number of methoxy groups -OCH3 is 3. The topological polar surface area (TPSA) is 111 Å². The summed E-state index contributed by atoms with van der Waals surface area (Å²) < 4.78 is 49.7. The monoisotopic (exact) mass is 745 g/mol. The fourth-order valence-corrected chi connectivity index (χ4v) is 10.5. The van der Waals surface area contributed by atoms with Gasteiger partial charge in [0.1, 0.15) is 24.4 Å². The van der Waals surface area contributed by atoms with Crippen molar-refractivity contribution in [3.63, 3.8) is 0 Å². The Morgan fingerprint density at radius 2 is 1.55 bits per heavy atom. The van der Waals surface area contributed by atoms with Crippen LogP contribution in [0.3, 0.4) is 0 Å². The van der Waals surface area contributed by atoms with E-state index in [9.17, 15) is 9.59 Å². The molecule has 0 N–H and O–H groups in total. The van der Waals surface area contributed by atoms with Crippen LogP contribution in [0.5, 0.6) is 0 Å². The molecule has 0 aromatic carbocycles. The highest BCUT2D eigenvalue weighted by Gasteiger charge is 2.52. The number of hydrogen-bond acceptors (Lipinski definition) is 11. The summed E-state index contributed by atoms with van der Waals surface area (Å²) in [7, 11) is 9.16. The number of Topliss-reactive ketones (excluding diaryl/α,β-unsaturated/α-hetero) is 1. The lowest BCUT2D eigenvalue weighted by Gasteiger charge is -2.44. The van der Waals surface area contributed by atoms with Crippen LogP contribution in [0.4, 0.5) is 0 Å². The summed E-state index contributed by atoms with van der Waals surface area (Å²) in [5.74, 6) is 0.169. The van der Waals surface area contributed by atoms with Crippen molar-refractivity contribution in [2.75, 3.05) is 35.4 Å². The van der Waals surface area contributed by atoms with Gasteiger partial charge in [-0.25, -0.2) is 0 Å². The van der Waals surface area contributed by atoms with Gasteiger partial charge >= 0.3 is 5.97 Å². The van der Waals surface area contributed by atoms with Crippen molar-refractivity contribution >= 4 is 11.8 Å². The van der Waals surface area contributed by atoms with E-state index in [4.69, 9.17) is 37.9 Å². The molecule has 17 atom stereocenters. The smallest absolute Gasteiger partial charge is 0.306 e. The fraction of sp³-hybridized carbons (Fsp3) is 0.857. The zero-order chi connectivity index (χ0) is 38.1. The molecule has 0 aromatic rings. The maximum Gasteiger partial charge on any atom is 0.306 e. The first-order chi connectivity index (χ1) is 25.3. The number of nitrogens with zero attached hydrogens (tertiary/aromatic N) is 1. The van der Waals surface area contributed by atoms with E-state index in [1.807, 2.05) is 13.8 Å². The van der Waals surface area contributed by atoms with Crippen LogP contribution < -0.4 is 0 Å². The zero-order valence-electron chi connectivity index (χ0n) is 33.8. The lowest BCUT2D eigenvalue weighted by Crippen LogP contribution is -2.59. The first-order valence-electron chi connectivity index (χ1n) is 20.3. The van der Waals surface area contributed by atoms with Crippen molar-refractivity contribution in [3.05, 3.63) is 23.8 Å². The summed E-state index contributed by atoms with van der Waals surface area (Å²) in [5, 5.41) is 0. The van der Waals surface area contributed by atoms with Crippen molar-refractivity contribution < 1.29 is 47.5 Å². The third-order valence-electron chi connectivity index (χ3n) is 13.5. The minimum Gasteiger partial charge on any atom is -0.462 e. The Balaban J connectivity index is 1.22. The van der Waals surface area contributed by atoms with Gasteiger partial charge in [-0.2, -0.15) is 0 Å². The highest BCUT2D eigenvalue weighted by Crippen LogP contribution is 2.54. The van der Waals surface area contributed by atoms with Crippen molar-refractivity contribution in [2.45, 2.75) is 153 Å². The summed E-state index contributed by atoms with van der Waals surface area (Å²) >= 11 is 0. The number of ether oxygens (including phenoxy) is 8. The molecule has 0 spiro atoms. The Hall–Kier alpha value is -1.70. The van der Waals surface area contributed by atoms with Gasteiger partial charge in [-0.3, -0.25) is 9.59 Å². The fourth-order valence-electron chi connectivity index (χ4n) is 10.5. The van der Waals surface area contributed by atoms with Crippen LogP contribution in [0.15, 0.2) is 23.8 Å². The Kier molecular flexibility index (Phi) is 13.6. The van der Waals surface area contributed by atoms with Gasteiger partial charge < -0.3 is 42.8 Å².